The van der Waals surface area contributed by atoms with Gasteiger partial charge in [0.1, 0.15) is 11.5 Å². The van der Waals surface area contributed by atoms with E-state index in [0.717, 1.165) is 17.0 Å². The predicted octanol–water partition coefficient (Wildman–Crippen LogP) is 3.96. The third-order valence-electron chi connectivity index (χ3n) is 4.77. The first-order valence-corrected chi connectivity index (χ1v) is 10.4. The minimum Gasteiger partial charge on any atom is -0.497 e. The fourth-order valence-corrected chi connectivity index (χ4v) is 3.95. The van der Waals surface area contributed by atoms with E-state index < -0.39 is 6.10 Å². The molecule has 1 aliphatic heterocycles. The molecular formula is C22H21N3O4S. The summed E-state index contributed by atoms with van der Waals surface area (Å²) >= 11 is 1.36. The summed E-state index contributed by atoms with van der Waals surface area (Å²) in [6.45, 7) is 1.98. The maximum absolute atomic E-state index is 12.5. The lowest BCUT2D eigenvalue weighted by Crippen LogP contribution is -2.45. The van der Waals surface area contributed by atoms with Crippen molar-refractivity contribution in [3.63, 3.8) is 0 Å². The number of nitrogens with one attached hydrogen (secondary N) is 1. The van der Waals surface area contributed by atoms with Crippen molar-refractivity contribution in [2.45, 2.75) is 19.4 Å². The van der Waals surface area contributed by atoms with E-state index >= 15 is 0 Å². The Morgan fingerprint density at radius 1 is 1.23 bits per heavy atom. The van der Waals surface area contributed by atoms with Crippen LogP contribution in [-0.4, -0.2) is 36.6 Å². The average Bonchev–Trinajstić information content (AvgIpc) is 3.22. The summed E-state index contributed by atoms with van der Waals surface area (Å²) in [6.07, 6.45) is -0.418. The molecule has 30 heavy (non-hydrogen) atoms. The van der Waals surface area contributed by atoms with Crippen LogP contribution in [-0.2, 0) is 9.59 Å². The van der Waals surface area contributed by atoms with Crippen molar-refractivity contribution < 1.29 is 19.1 Å². The number of para-hydroxylation sites is 2. The first-order chi connectivity index (χ1) is 14.5. The number of benzene rings is 2. The second-order valence-corrected chi connectivity index (χ2v) is 7.64. The quantitative estimate of drug-likeness (QED) is 0.649. The van der Waals surface area contributed by atoms with Gasteiger partial charge in [0.15, 0.2) is 11.2 Å². The molecule has 4 rings (SSSR count). The molecule has 1 aliphatic rings. The standard InChI is InChI=1S/C22H21N3O4S/c1-14-21(27)25(18-5-3-4-6-19(18)29-14)12-11-20(26)24-22-23-17(13-30-22)15-7-9-16(28-2)10-8-15/h3-10,13-14H,11-12H2,1-2H3,(H,23,24,26). The van der Waals surface area contributed by atoms with Crippen LogP contribution in [0.25, 0.3) is 11.3 Å². The second kappa shape index (κ2) is 8.54. The van der Waals surface area contributed by atoms with Crippen LogP contribution >= 0.6 is 11.3 Å². The number of fused-ring (bicyclic) bond motifs is 1. The summed E-state index contributed by atoms with van der Waals surface area (Å²) in [7, 11) is 1.62. The molecule has 1 aromatic heterocycles. The molecule has 0 fully saturated rings. The van der Waals surface area contributed by atoms with Crippen LogP contribution in [0.3, 0.4) is 0 Å². The van der Waals surface area contributed by atoms with Gasteiger partial charge >= 0.3 is 0 Å². The smallest absolute Gasteiger partial charge is 0.267 e. The normalized spacial score (nSPS) is 15.3. The van der Waals surface area contributed by atoms with Gasteiger partial charge < -0.3 is 19.7 Å². The molecule has 1 N–H and O–H groups in total. The van der Waals surface area contributed by atoms with Gasteiger partial charge in [-0.25, -0.2) is 4.98 Å². The van der Waals surface area contributed by atoms with Gasteiger partial charge in [-0.1, -0.05) is 12.1 Å². The fourth-order valence-electron chi connectivity index (χ4n) is 3.21. The second-order valence-electron chi connectivity index (χ2n) is 6.78. The highest BCUT2D eigenvalue weighted by atomic mass is 32.1. The number of ether oxygens (including phenoxy) is 2. The number of carbonyl (C=O) groups excluding carboxylic acids is 2. The summed E-state index contributed by atoms with van der Waals surface area (Å²) in [5.41, 5.74) is 2.41. The molecule has 0 aliphatic carbocycles. The van der Waals surface area contributed by atoms with E-state index in [0.29, 0.717) is 16.6 Å². The van der Waals surface area contributed by atoms with E-state index in [1.165, 1.54) is 11.3 Å². The predicted molar refractivity (Wildman–Crippen MR) is 116 cm³/mol. The first-order valence-electron chi connectivity index (χ1n) is 9.52. The van der Waals surface area contributed by atoms with Gasteiger partial charge in [-0.3, -0.25) is 9.59 Å². The maximum atomic E-state index is 12.5. The van der Waals surface area contributed by atoms with E-state index in [1.54, 1.807) is 18.9 Å². The molecule has 2 aromatic carbocycles. The van der Waals surface area contributed by atoms with Crippen LogP contribution < -0.4 is 19.7 Å². The minimum absolute atomic E-state index is 0.155. The molecule has 0 saturated heterocycles. The number of methoxy groups -OCH3 is 1. The Hall–Kier alpha value is -3.39. The van der Waals surface area contributed by atoms with Gasteiger partial charge in [0.2, 0.25) is 5.91 Å². The number of hydrogen-bond donors (Lipinski definition) is 1. The molecule has 1 atom stereocenters. The Labute approximate surface area is 178 Å². The molecule has 0 radical (unpaired) electrons. The van der Waals surface area contributed by atoms with Crippen LogP contribution in [0.15, 0.2) is 53.9 Å². The zero-order chi connectivity index (χ0) is 21.1. The number of amides is 2. The molecule has 3 aromatic rings. The van der Waals surface area contributed by atoms with Crippen molar-refractivity contribution in [3.8, 4) is 22.8 Å². The molecule has 154 valence electrons. The van der Waals surface area contributed by atoms with Gasteiger partial charge in [-0.15, -0.1) is 11.3 Å². The van der Waals surface area contributed by atoms with E-state index in [-0.39, 0.29) is 24.8 Å². The van der Waals surface area contributed by atoms with Crippen LogP contribution in [0.1, 0.15) is 13.3 Å². The van der Waals surface area contributed by atoms with Crippen molar-refractivity contribution >= 4 is 34.0 Å². The van der Waals surface area contributed by atoms with Crippen molar-refractivity contribution in [2.75, 3.05) is 23.9 Å². The Morgan fingerprint density at radius 3 is 2.77 bits per heavy atom. The number of anilines is 2. The SMILES string of the molecule is COc1ccc(-c2csc(NC(=O)CCN3C(=O)C(C)Oc4ccccc43)n2)cc1. The highest BCUT2D eigenvalue weighted by Gasteiger charge is 2.31. The number of rotatable bonds is 6. The molecule has 0 saturated carbocycles. The number of aromatic nitrogens is 1. The largest absolute Gasteiger partial charge is 0.497 e. The zero-order valence-corrected chi connectivity index (χ0v) is 17.4. The van der Waals surface area contributed by atoms with Crippen LogP contribution in [0, 0.1) is 0 Å². The number of hydrogen-bond acceptors (Lipinski definition) is 6. The minimum atomic E-state index is -0.575. The lowest BCUT2D eigenvalue weighted by molar-refractivity contribution is -0.125. The topological polar surface area (TPSA) is 80.8 Å². The Morgan fingerprint density at radius 2 is 2.00 bits per heavy atom. The van der Waals surface area contributed by atoms with Crippen LogP contribution in [0.4, 0.5) is 10.8 Å². The Bertz CT molecular complexity index is 1060. The van der Waals surface area contributed by atoms with Crippen molar-refractivity contribution in [2.24, 2.45) is 0 Å². The monoisotopic (exact) mass is 423 g/mol. The van der Waals surface area contributed by atoms with Gasteiger partial charge in [-0.2, -0.15) is 0 Å². The van der Waals surface area contributed by atoms with E-state index in [1.807, 2.05) is 53.9 Å². The molecule has 0 spiro atoms. The molecule has 1 unspecified atom stereocenters. The lowest BCUT2D eigenvalue weighted by Gasteiger charge is -2.32. The van der Waals surface area contributed by atoms with Crippen molar-refractivity contribution in [1.82, 2.24) is 4.98 Å². The average molecular weight is 423 g/mol. The Kier molecular flexibility index (Phi) is 5.67. The maximum Gasteiger partial charge on any atom is 0.267 e. The van der Waals surface area contributed by atoms with Crippen LogP contribution in [0.2, 0.25) is 0 Å². The van der Waals surface area contributed by atoms with E-state index in [2.05, 4.69) is 10.3 Å². The molecule has 2 amide bonds. The number of carbonyl (C=O) groups is 2. The first kappa shape index (κ1) is 19.9. The van der Waals surface area contributed by atoms with E-state index in [9.17, 15) is 9.59 Å². The lowest BCUT2D eigenvalue weighted by atomic mass is 10.1. The summed E-state index contributed by atoms with van der Waals surface area (Å²) in [6, 6.07) is 14.9. The van der Waals surface area contributed by atoms with Crippen molar-refractivity contribution in [1.29, 1.82) is 0 Å². The molecule has 0 bridgehead atoms. The van der Waals surface area contributed by atoms with Gasteiger partial charge in [0.25, 0.3) is 5.91 Å². The molecule has 8 heteroatoms. The molecule has 2 heterocycles. The van der Waals surface area contributed by atoms with Crippen LogP contribution in [0.5, 0.6) is 11.5 Å². The summed E-state index contributed by atoms with van der Waals surface area (Å²) in [5, 5.41) is 5.23. The zero-order valence-electron chi connectivity index (χ0n) is 16.6. The Balaban J connectivity index is 1.38. The third-order valence-corrected chi connectivity index (χ3v) is 5.53. The van der Waals surface area contributed by atoms with E-state index in [4.69, 9.17) is 9.47 Å². The van der Waals surface area contributed by atoms with Gasteiger partial charge in [0, 0.05) is 23.9 Å². The molecule has 7 nitrogen and oxygen atoms in total. The summed E-state index contributed by atoms with van der Waals surface area (Å²) in [5.74, 6) is 1.07. The summed E-state index contributed by atoms with van der Waals surface area (Å²) < 4.78 is 10.8. The third kappa shape index (κ3) is 4.13. The number of nitrogens with zero attached hydrogens (tertiary/aromatic N) is 2. The van der Waals surface area contributed by atoms with Gasteiger partial charge in [-0.05, 0) is 43.3 Å². The highest BCUT2D eigenvalue weighted by molar-refractivity contribution is 7.14. The fraction of sp³-hybridized carbons (Fsp3) is 0.227. The number of thiazole rings is 1. The van der Waals surface area contributed by atoms with Crippen molar-refractivity contribution in [3.05, 3.63) is 53.9 Å². The highest BCUT2D eigenvalue weighted by Crippen LogP contribution is 2.33. The molecular weight excluding hydrogens is 402 g/mol. The summed E-state index contributed by atoms with van der Waals surface area (Å²) in [4.78, 5) is 31.1. The van der Waals surface area contributed by atoms with Gasteiger partial charge in [0.05, 0.1) is 18.5 Å².